The van der Waals surface area contributed by atoms with E-state index < -0.39 is 10.0 Å². The number of aromatic nitrogens is 1. The van der Waals surface area contributed by atoms with Crippen molar-refractivity contribution in [3.05, 3.63) is 35.3 Å². The maximum absolute atomic E-state index is 12.5. The van der Waals surface area contributed by atoms with E-state index in [9.17, 15) is 18.0 Å². The Morgan fingerprint density at radius 1 is 1.23 bits per heavy atom. The standard InChI is InChI=1S/C19H23N3O5S3/c1-2-27-18(24)11-15-12-28-19(21-15)29-13-17(23)20-14-5-7-16(8-6-14)30(25,26)22-9-3-4-10-22/h5-8,12H,2-4,9-11,13H2,1H3,(H,20,23). The summed E-state index contributed by atoms with van der Waals surface area (Å²) in [5.74, 6) is -0.398. The molecule has 0 saturated carbocycles. The number of esters is 1. The molecule has 1 fully saturated rings. The van der Waals surface area contributed by atoms with Crippen molar-refractivity contribution in [3.63, 3.8) is 0 Å². The van der Waals surface area contributed by atoms with Gasteiger partial charge in [-0.2, -0.15) is 4.31 Å². The number of amides is 1. The highest BCUT2D eigenvalue weighted by Gasteiger charge is 2.26. The Bertz CT molecular complexity index is 983. The minimum atomic E-state index is -3.46. The van der Waals surface area contributed by atoms with Crippen LogP contribution in [0.5, 0.6) is 0 Å². The number of thiazole rings is 1. The molecule has 1 aliphatic rings. The second kappa shape index (κ2) is 10.4. The predicted octanol–water partition coefficient (Wildman–Crippen LogP) is 2.76. The number of ether oxygens (including phenoxy) is 1. The van der Waals surface area contributed by atoms with Gasteiger partial charge in [-0.3, -0.25) is 9.59 Å². The molecule has 1 saturated heterocycles. The van der Waals surface area contributed by atoms with E-state index in [4.69, 9.17) is 4.74 Å². The molecule has 0 aliphatic carbocycles. The molecule has 0 radical (unpaired) electrons. The number of benzene rings is 1. The molecule has 1 aliphatic heterocycles. The molecule has 3 rings (SSSR count). The highest BCUT2D eigenvalue weighted by molar-refractivity contribution is 8.01. The summed E-state index contributed by atoms with van der Waals surface area (Å²) in [6, 6.07) is 6.20. The topological polar surface area (TPSA) is 106 Å². The number of sulfonamides is 1. The molecule has 1 amide bonds. The van der Waals surface area contributed by atoms with Crippen LogP contribution in [0.4, 0.5) is 5.69 Å². The summed E-state index contributed by atoms with van der Waals surface area (Å²) in [7, 11) is -3.46. The van der Waals surface area contributed by atoms with E-state index in [-0.39, 0.29) is 28.9 Å². The van der Waals surface area contributed by atoms with Crippen molar-refractivity contribution in [3.8, 4) is 0 Å². The van der Waals surface area contributed by atoms with Crippen LogP contribution in [0.2, 0.25) is 0 Å². The molecular formula is C19H23N3O5S3. The summed E-state index contributed by atoms with van der Waals surface area (Å²) in [5.41, 5.74) is 1.15. The zero-order valence-corrected chi connectivity index (χ0v) is 18.9. The predicted molar refractivity (Wildman–Crippen MR) is 116 cm³/mol. The van der Waals surface area contributed by atoms with Crippen LogP contribution in [0.1, 0.15) is 25.5 Å². The molecule has 1 aromatic carbocycles. The van der Waals surface area contributed by atoms with Gasteiger partial charge in [-0.1, -0.05) is 11.8 Å². The van der Waals surface area contributed by atoms with E-state index >= 15 is 0 Å². The fraction of sp³-hybridized carbons (Fsp3) is 0.421. The first-order valence-electron chi connectivity index (χ1n) is 9.51. The smallest absolute Gasteiger partial charge is 0.311 e. The molecule has 2 heterocycles. The second-order valence-electron chi connectivity index (χ2n) is 6.56. The molecule has 1 N–H and O–H groups in total. The molecule has 0 unspecified atom stereocenters. The minimum absolute atomic E-state index is 0.115. The zero-order chi connectivity index (χ0) is 21.6. The molecule has 8 nitrogen and oxygen atoms in total. The van der Waals surface area contributed by atoms with Crippen LogP contribution in [-0.2, 0) is 30.8 Å². The summed E-state index contributed by atoms with van der Waals surface area (Å²) >= 11 is 2.64. The van der Waals surface area contributed by atoms with Gasteiger partial charge in [0.2, 0.25) is 15.9 Å². The van der Waals surface area contributed by atoms with Gasteiger partial charge in [-0.25, -0.2) is 13.4 Å². The van der Waals surface area contributed by atoms with E-state index in [2.05, 4.69) is 10.3 Å². The molecule has 2 aromatic rings. The Labute approximate surface area is 184 Å². The number of hydrogen-bond donors (Lipinski definition) is 1. The van der Waals surface area contributed by atoms with Crippen molar-refractivity contribution >= 4 is 50.7 Å². The number of anilines is 1. The fourth-order valence-electron chi connectivity index (χ4n) is 2.91. The zero-order valence-electron chi connectivity index (χ0n) is 16.5. The summed E-state index contributed by atoms with van der Waals surface area (Å²) in [6.07, 6.45) is 1.88. The molecular weight excluding hydrogens is 446 g/mol. The molecule has 1 aromatic heterocycles. The number of carbonyl (C=O) groups excluding carboxylic acids is 2. The number of hydrogen-bond acceptors (Lipinski definition) is 8. The van der Waals surface area contributed by atoms with Gasteiger partial charge in [0, 0.05) is 24.2 Å². The van der Waals surface area contributed by atoms with Gasteiger partial charge in [0.1, 0.15) is 0 Å². The Morgan fingerprint density at radius 2 is 1.93 bits per heavy atom. The lowest BCUT2D eigenvalue weighted by molar-refractivity contribution is -0.142. The van der Waals surface area contributed by atoms with Crippen LogP contribution >= 0.6 is 23.1 Å². The second-order valence-corrected chi connectivity index (χ2v) is 10.6. The number of nitrogens with zero attached hydrogens (tertiary/aromatic N) is 2. The molecule has 11 heteroatoms. The highest BCUT2D eigenvalue weighted by atomic mass is 32.2. The van der Waals surface area contributed by atoms with Crippen molar-refractivity contribution in [2.24, 2.45) is 0 Å². The SMILES string of the molecule is CCOC(=O)Cc1csc(SCC(=O)Nc2ccc(S(=O)(=O)N3CCCC3)cc2)n1. The number of rotatable bonds is 9. The van der Waals surface area contributed by atoms with Gasteiger partial charge < -0.3 is 10.1 Å². The van der Waals surface area contributed by atoms with Gasteiger partial charge >= 0.3 is 5.97 Å². The van der Waals surface area contributed by atoms with Gasteiger partial charge in [-0.05, 0) is 44.0 Å². The van der Waals surface area contributed by atoms with Crippen LogP contribution in [0.25, 0.3) is 0 Å². The maximum atomic E-state index is 12.5. The van der Waals surface area contributed by atoms with Gasteiger partial charge in [0.25, 0.3) is 0 Å². The van der Waals surface area contributed by atoms with Gasteiger partial charge in [-0.15, -0.1) is 11.3 Å². The normalized spacial score (nSPS) is 14.6. The third kappa shape index (κ3) is 6.03. The van der Waals surface area contributed by atoms with Crippen LogP contribution < -0.4 is 5.32 Å². The van der Waals surface area contributed by atoms with Crippen molar-refractivity contribution in [1.29, 1.82) is 0 Å². The van der Waals surface area contributed by atoms with Crippen molar-refractivity contribution < 1.29 is 22.7 Å². The Hall–Kier alpha value is -1.95. The average Bonchev–Trinajstić information content (AvgIpc) is 3.39. The molecule has 0 spiro atoms. The quantitative estimate of drug-likeness (QED) is 0.445. The van der Waals surface area contributed by atoms with Gasteiger partial charge in [0.15, 0.2) is 4.34 Å². The Kier molecular flexibility index (Phi) is 7.87. The summed E-state index contributed by atoms with van der Waals surface area (Å²) in [4.78, 5) is 28.2. The minimum Gasteiger partial charge on any atom is -0.466 e. The number of thioether (sulfide) groups is 1. The van der Waals surface area contributed by atoms with E-state index in [1.165, 1.54) is 39.5 Å². The summed E-state index contributed by atoms with van der Waals surface area (Å²) in [5, 5.41) is 4.53. The highest BCUT2D eigenvalue weighted by Crippen LogP contribution is 2.24. The monoisotopic (exact) mass is 469 g/mol. The molecule has 0 bridgehead atoms. The third-order valence-corrected chi connectivity index (χ3v) is 8.31. The molecule has 30 heavy (non-hydrogen) atoms. The van der Waals surface area contributed by atoms with Crippen molar-refractivity contribution in [2.45, 2.75) is 35.4 Å². The molecule has 162 valence electrons. The van der Waals surface area contributed by atoms with E-state index in [1.54, 1.807) is 24.4 Å². The van der Waals surface area contributed by atoms with Crippen LogP contribution in [0, 0.1) is 0 Å². The van der Waals surface area contributed by atoms with Crippen molar-refractivity contribution in [2.75, 3.05) is 30.8 Å². The summed E-state index contributed by atoms with van der Waals surface area (Å²) in [6.45, 7) is 3.18. The first kappa shape index (κ1) is 22.7. The fourth-order valence-corrected chi connectivity index (χ4v) is 6.07. The largest absolute Gasteiger partial charge is 0.466 e. The van der Waals surface area contributed by atoms with E-state index in [1.807, 2.05) is 0 Å². The van der Waals surface area contributed by atoms with Crippen molar-refractivity contribution in [1.82, 2.24) is 9.29 Å². The molecule has 0 atom stereocenters. The number of nitrogens with one attached hydrogen (secondary N) is 1. The van der Waals surface area contributed by atoms with Crippen LogP contribution in [-0.4, -0.2) is 55.0 Å². The lowest BCUT2D eigenvalue weighted by atomic mass is 10.3. The summed E-state index contributed by atoms with van der Waals surface area (Å²) < 4.78 is 32.1. The Morgan fingerprint density at radius 3 is 2.60 bits per heavy atom. The first-order chi connectivity index (χ1) is 14.4. The van der Waals surface area contributed by atoms with E-state index in [0.29, 0.717) is 35.4 Å². The third-order valence-electron chi connectivity index (χ3n) is 4.33. The first-order valence-corrected chi connectivity index (χ1v) is 12.8. The van der Waals surface area contributed by atoms with Crippen LogP contribution in [0.15, 0.2) is 38.9 Å². The maximum Gasteiger partial charge on any atom is 0.311 e. The van der Waals surface area contributed by atoms with Crippen LogP contribution in [0.3, 0.4) is 0 Å². The lowest BCUT2D eigenvalue weighted by Crippen LogP contribution is -2.27. The van der Waals surface area contributed by atoms with Gasteiger partial charge in [0.05, 0.1) is 29.4 Å². The van der Waals surface area contributed by atoms with E-state index in [0.717, 1.165) is 12.8 Å². The lowest BCUT2D eigenvalue weighted by Gasteiger charge is -2.15. The average molecular weight is 470 g/mol. The number of carbonyl (C=O) groups is 2. The Balaban J connectivity index is 1.49.